The lowest BCUT2D eigenvalue weighted by atomic mass is 10.1. The van der Waals surface area contributed by atoms with E-state index in [1.165, 1.54) is 11.3 Å². The first-order valence-corrected chi connectivity index (χ1v) is 6.81. The number of esters is 1. The van der Waals surface area contributed by atoms with Gasteiger partial charge >= 0.3 is 12.1 Å². The van der Waals surface area contributed by atoms with Crippen molar-refractivity contribution >= 4 is 23.2 Å². The molecule has 1 aromatic rings. The lowest BCUT2D eigenvalue weighted by Gasteiger charge is -2.18. The van der Waals surface area contributed by atoms with E-state index in [4.69, 9.17) is 4.74 Å². The number of alkyl halides is 3. The van der Waals surface area contributed by atoms with Crippen LogP contribution in [-0.2, 0) is 20.9 Å². The molecule has 0 bridgehead atoms. The predicted octanol–water partition coefficient (Wildman–Crippen LogP) is 2.20. The van der Waals surface area contributed by atoms with Crippen molar-refractivity contribution in [3.05, 3.63) is 22.4 Å². The van der Waals surface area contributed by atoms with Crippen LogP contribution in [0, 0.1) is 5.92 Å². The van der Waals surface area contributed by atoms with Gasteiger partial charge in [0.2, 0.25) is 5.91 Å². The summed E-state index contributed by atoms with van der Waals surface area (Å²) in [4.78, 5) is 23.8. The van der Waals surface area contributed by atoms with Crippen molar-refractivity contribution in [1.29, 1.82) is 0 Å². The Morgan fingerprint density at radius 1 is 1.50 bits per heavy atom. The van der Waals surface area contributed by atoms with Crippen molar-refractivity contribution in [2.24, 2.45) is 5.92 Å². The van der Waals surface area contributed by atoms with Gasteiger partial charge in [-0.2, -0.15) is 24.5 Å². The third-order valence-electron chi connectivity index (χ3n) is 2.88. The number of carbonyl (C=O) groups is 2. The molecule has 2 heterocycles. The fourth-order valence-corrected chi connectivity index (χ4v) is 2.60. The summed E-state index contributed by atoms with van der Waals surface area (Å²) in [7, 11) is 0. The fourth-order valence-electron chi connectivity index (χ4n) is 1.95. The van der Waals surface area contributed by atoms with Crippen molar-refractivity contribution < 1.29 is 27.5 Å². The van der Waals surface area contributed by atoms with E-state index in [-0.39, 0.29) is 19.6 Å². The molecule has 0 radical (unpaired) electrons. The van der Waals surface area contributed by atoms with Crippen molar-refractivity contribution in [3.8, 4) is 0 Å². The zero-order valence-corrected chi connectivity index (χ0v) is 11.2. The molecule has 8 heteroatoms. The number of halogens is 3. The number of carbonyl (C=O) groups excluding carboxylic acids is 2. The van der Waals surface area contributed by atoms with Crippen molar-refractivity contribution in [2.75, 3.05) is 13.1 Å². The minimum atomic E-state index is -4.45. The lowest BCUT2D eigenvalue weighted by molar-refractivity contribution is -0.158. The number of ether oxygens (including phenoxy) is 1. The van der Waals surface area contributed by atoms with Crippen LogP contribution in [0.3, 0.4) is 0 Å². The minimum absolute atomic E-state index is 0.0757. The molecular weight excluding hydrogens is 295 g/mol. The molecule has 0 spiro atoms. The highest BCUT2D eigenvalue weighted by Gasteiger charge is 2.41. The summed E-state index contributed by atoms with van der Waals surface area (Å²) in [5.74, 6) is -2.11. The van der Waals surface area contributed by atoms with Gasteiger partial charge in [0.25, 0.3) is 0 Å². The molecule has 0 N–H and O–H groups in total. The molecule has 2 rings (SSSR count). The summed E-state index contributed by atoms with van der Waals surface area (Å²) in [6.45, 7) is -1.48. The molecule has 1 fully saturated rings. The van der Waals surface area contributed by atoms with Gasteiger partial charge in [-0.05, 0) is 16.8 Å². The van der Waals surface area contributed by atoms with Gasteiger partial charge in [-0.15, -0.1) is 0 Å². The van der Waals surface area contributed by atoms with Gasteiger partial charge in [0, 0.05) is 18.5 Å². The average Bonchev–Trinajstić information content (AvgIpc) is 2.95. The number of nitrogens with zero attached hydrogens (tertiary/aromatic N) is 1. The summed E-state index contributed by atoms with van der Waals surface area (Å²) >= 11 is 1.45. The monoisotopic (exact) mass is 307 g/mol. The van der Waals surface area contributed by atoms with Gasteiger partial charge in [-0.3, -0.25) is 9.59 Å². The van der Waals surface area contributed by atoms with Crippen LogP contribution >= 0.6 is 11.3 Å². The largest absolute Gasteiger partial charge is 0.461 e. The van der Waals surface area contributed by atoms with Crippen molar-refractivity contribution in [2.45, 2.75) is 19.2 Å². The Morgan fingerprint density at radius 2 is 2.25 bits per heavy atom. The van der Waals surface area contributed by atoms with E-state index in [0.717, 1.165) is 5.56 Å². The molecule has 1 aliphatic rings. The highest BCUT2D eigenvalue weighted by atomic mass is 32.1. The molecule has 1 aromatic heterocycles. The zero-order chi connectivity index (χ0) is 14.8. The van der Waals surface area contributed by atoms with Crippen LogP contribution < -0.4 is 0 Å². The van der Waals surface area contributed by atoms with Gasteiger partial charge in [-0.25, -0.2) is 0 Å². The van der Waals surface area contributed by atoms with Crippen LogP contribution in [-0.4, -0.2) is 36.0 Å². The summed E-state index contributed by atoms with van der Waals surface area (Å²) in [6.07, 6.45) is -4.68. The van der Waals surface area contributed by atoms with Gasteiger partial charge in [0.15, 0.2) is 0 Å². The van der Waals surface area contributed by atoms with E-state index in [1.54, 1.807) is 6.07 Å². The summed E-state index contributed by atoms with van der Waals surface area (Å²) in [6, 6.07) is 1.79. The summed E-state index contributed by atoms with van der Waals surface area (Å²) < 4.78 is 41.7. The minimum Gasteiger partial charge on any atom is -0.461 e. The molecule has 1 saturated heterocycles. The number of thiophene rings is 1. The quantitative estimate of drug-likeness (QED) is 0.801. The molecule has 20 heavy (non-hydrogen) atoms. The van der Waals surface area contributed by atoms with E-state index >= 15 is 0 Å². The molecule has 1 atom stereocenters. The third kappa shape index (κ3) is 3.96. The zero-order valence-electron chi connectivity index (χ0n) is 10.4. The van der Waals surface area contributed by atoms with E-state index in [2.05, 4.69) is 0 Å². The second-order valence-electron chi connectivity index (χ2n) is 4.53. The Labute approximate surface area is 117 Å². The Kier molecular flexibility index (Phi) is 4.32. The van der Waals surface area contributed by atoms with Crippen LogP contribution in [0.25, 0.3) is 0 Å². The van der Waals surface area contributed by atoms with E-state index in [9.17, 15) is 22.8 Å². The van der Waals surface area contributed by atoms with Crippen LogP contribution in [0.1, 0.15) is 12.0 Å². The van der Waals surface area contributed by atoms with Crippen molar-refractivity contribution in [1.82, 2.24) is 4.90 Å². The van der Waals surface area contributed by atoms with Crippen LogP contribution in [0.2, 0.25) is 0 Å². The molecule has 1 amide bonds. The second kappa shape index (κ2) is 5.82. The molecule has 0 aliphatic carbocycles. The van der Waals surface area contributed by atoms with E-state index < -0.39 is 30.5 Å². The lowest BCUT2D eigenvalue weighted by Crippen LogP contribution is -2.35. The summed E-state index contributed by atoms with van der Waals surface area (Å²) in [5.41, 5.74) is 0.819. The van der Waals surface area contributed by atoms with E-state index in [1.807, 2.05) is 10.8 Å². The van der Waals surface area contributed by atoms with Crippen LogP contribution in [0.4, 0.5) is 13.2 Å². The van der Waals surface area contributed by atoms with Gasteiger partial charge in [-0.1, -0.05) is 0 Å². The smallest absolute Gasteiger partial charge is 0.406 e. The number of hydrogen-bond acceptors (Lipinski definition) is 4. The molecule has 0 aromatic carbocycles. The van der Waals surface area contributed by atoms with E-state index in [0.29, 0.717) is 4.90 Å². The predicted molar refractivity (Wildman–Crippen MR) is 64.9 cm³/mol. The second-order valence-corrected chi connectivity index (χ2v) is 5.31. The highest BCUT2D eigenvalue weighted by molar-refractivity contribution is 7.07. The maximum Gasteiger partial charge on any atom is 0.406 e. The first kappa shape index (κ1) is 14.8. The van der Waals surface area contributed by atoms with Crippen LogP contribution in [0.5, 0.6) is 0 Å². The van der Waals surface area contributed by atoms with Gasteiger partial charge < -0.3 is 9.64 Å². The maximum atomic E-state index is 12.2. The number of amides is 1. The standard InChI is InChI=1S/C12H12F3NO3S/c13-12(14,15)7-16-4-9(3-10(16)17)11(18)19-5-8-1-2-20-6-8/h1-2,6,9H,3-5,7H2. The van der Waals surface area contributed by atoms with Crippen molar-refractivity contribution in [3.63, 3.8) is 0 Å². The number of rotatable bonds is 4. The Balaban J connectivity index is 1.84. The highest BCUT2D eigenvalue weighted by Crippen LogP contribution is 2.24. The third-order valence-corrected chi connectivity index (χ3v) is 3.61. The fraction of sp³-hybridized carbons (Fsp3) is 0.500. The molecule has 4 nitrogen and oxygen atoms in total. The molecule has 1 aliphatic heterocycles. The molecule has 1 unspecified atom stereocenters. The topological polar surface area (TPSA) is 46.6 Å². The first-order chi connectivity index (χ1) is 9.35. The van der Waals surface area contributed by atoms with Crippen LogP contribution in [0.15, 0.2) is 16.8 Å². The maximum absolute atomic E-state index is 12.2. The number of hydrogen-bond donors (Lipinski definition) is 0. The van der Waals surface area contributed by atoms with Gasteiger partial charge in [0.1, 0.15) is 13.2 Å². The normalized spacial score (nSPS) is 19.4. The van der Waals surface area contributed by atoms with Gasteiger partial charge in [0.05, 0.1) is 5.92 Å². The molecular formula is C12H12F3NO3S. The molecule has 0 saturated carbocycles. The number of likely N-dealkylation sites (tertiary alicyclic amines) is 1. The molecule has 110 valence electrons. The first-order valence-electron chi connectivity index (χ1n) is 5.87. The SMILES string of the molecule is O=C(OCc1ccsc1)C1CC(=O)N(CC(F)(F)F)C1. The summed E-state index contributed by atoms with van der Waals surface area (Å²) in [5, 5.41) is 3.64. The Hall–Kier alpha value is -1.57. The average molecular weight is 307 g/mol. The Morgan fingerprint density at radius 3 is 2.85 bits per heavy atom. The Bertz CT molecular complexity index is 487.